The number of ether oxygens (including phenoxy) is 1. The fraction of sp³-hybridized carbons (Fsp3) is 0.409. The van der Waals surface area contributed by atoms with Crippen molar-refractivity contribution in [3.63, 3.8) is 0 Å². The van der Waals surface area contributed by atoms with Crippen LogP contribution in [0.15, 0.2) is 35.2 Å². The van der Waals surface area contributed by atoms with Crippen molar-refractivity contribution in [2.75, 3.05) is 18.6 Å². The molecule has 0 saturated carbocycles. The summed E-state index contributed by atoms with van der Waals surface area (Å²) in [5.41, 5.74) is 2.49. The van der Waals surface area contributed by atoms with Gasteiger partial charge in [0.15, 0.2) is 0 Å². The highest BCUT2D eigenvalue weighted by Gasteiger charge is 2.30. The molecular weight excluding hydrogens is 424 g/mol. The molecule has 0 radical (unpaired) electrons. The summed E-state index contributed by atoms with van der Waals surface area (Å²) in [4.78, 5) is 15.0. The van der Waals surface area contributed by atoms with Gasteiger partial charge in [-0.1, -0.05) is 17.7 Å². The van der Waals surface area contributed by atoms with Gasteiger partial charge in [0, 0.05) is 17.6 Å². The van der Waals surface area contributed by atoms with Crippen LogP contribution < -0.4 is 14.4 Å². The first kappa shape index (κ1) is 22.6. The number of anilines is 1. The highest BCUT2D eigenvalue weighted by molar-refractivity contribution is 7.89. The zero-order valence-electron chi connectivity index (χ0n) is 17.9. The summed E-state index contributed by atoms with van der Waals surface area (Å²) in [5.74, 6) is 0.337. The number of sulfonamides is 1. The molecular formula is C22H27ClN2O4S. The summed E-state index contributed by atoms with van der Waals surface area (Å²) in [5, 5.41) is 0.0655. The van der Waals surface area contributed by atoms with Crippen LogP contribution in [0.25, 0.3) is 0 Å². The van der Waals surface area contributed by atoms with Gasteiger partial charge in [0.05, 0.1) is 17.8 Å². The van der Waals surface area contributed by atoms with E-state index in [1.165, 1.54) is 12.1 Å². The molecule has 0 saturated heterocycles. The molecule has 1 N–H and O–H groups in total. The van der Waals surface area contributed by atoms with E-state index in [1.807, 2.05) is 19.1 Å². The van der Waals surface area contributed by atoms with Gasteiger partial charge in [0.2, 0.25) is 10.0 Å². The van der Waals surface area contributed by atoms with E-state index in [9.17, 15) is 13.2 Å². The van der Waals surface area contributed by atoms with Crippen LogP contribution in [0.2, 0.25) is 5.02 Å². The number of carbonyl (C=O) groups excluding carboxylic acids is 1. The number of nitrogens with zero attached hydrogens (tertiary/aromatic N) is 1. The Kier molecular flexibility index (Phi) is 6.18. The van der Waals surface area contributed by atoms with Crippen molar-refractivity contribution in [3.8, 4) is 5.75 Å². The Morgan fingerprint density at radius 2 is 1.90 bits per heavy atom. The minimum absolute atomic E-state index is 0.0655. The zero-order valence-corrected chi connectivity index (χ0v) is 19.4. The van der Waals surface area contributed by atoms with E-state index in [4.69, 9.17) is 16.3 Å². The summed E-state index contributed by atoms with van der Waals surface area (Å²) in [6.45, 7) is 7.76. The van der Waals surface area contributed by atoms with Crippen LogP contribution in [-0.4, -0.2) is 33.5 Å². The number of amides is 1. The molecule has 1 amide bonds. The second kappa shape index (κ2) is 8.21. The molecule has 0 spiro atoms. The first-order valence-corrected chi connectivity index (χ1v) is 11.6. The summed E-state index contributed by atoms with van der Waals surface area (Å²) in [7, 11) is -2.32. The van der Waals surface area contributed by atoms with Crippen molar-refractivity contribution < 1.29 is 17.9 Å². The predicted octanol–water partition coefficient (Wildman–Crippen LogP) is 4.33. The van der Waals surface area contributed by atoms with E-state index < -0.39 is 15.6 Å². The van der Waals surface area contributed by atoms with Gasteiger partial charge in [-0.05, 0) is 75.9 Å². The van der Waals surface area contributed by atoms with Crippen molar-refractivity contribution in [2.45, 2.75) is 51.0 Å². The second-order valence-corrected chi connectivity index (χ2v) is 10.5. The van der Waals surface area contributed by atoms with E-state index in [2.05, 4.69) is 4.72 Å². The average molecular weight is 451 g/mol. The molecule has 1 heterocycles. The maximum Gasteiger partial charge on any atom is 0.258 e. The predicted molar refractivity (Wildman–Crippen MR) is 119 cm³/mol. The van der Waals surface area contributed by atoms with Gasteiger partial charge in [-0.2, -0.15) is 0 Å². The standard InChI is InChI=1S/C22H27ClN2O4S/c1-14-8-11-18(29-5)20-16(14)7-6-12-25(20)21(26)15-9-10-17(23)19(13-15)30(27,28)24-22(2,3)4/h8-11,13,24H,6-7,12H2,1-5H3. The molecule has 3 rings (SSSR count). The van der Waals surface area contributed by atoms with E-state index in [1.54, 1.807) is 38.8 Å². The molecule has 2 aromatic carbocycles. The van der Waals surface area contributed by atoms with Crippen LogP contribution in [0.3, 0.4) is 0 Å². The van der Waals surface area contributed by atoms with E-state index in [0.717, 1.165) is 29.7 Å². The van der Waals surface area contributed by atoms with Crippen LogP contribution in [0.4, 0.5) is 5.69 Å². The van der Waals surface area contributed by atoms with Gasteiger partial charge in [0.1, 0.15) is 10.6 Å². The second-order valence-electron chi connectivity index (χ2n) is 8.47. The largest absolute Gasteiger partial charge is 0.495 e. The first-order chi connectivity index (χ1) is 13.9. The van der Waals surface area contributed by atoms with Crippen molar-refractivity contribution in [2.24, 2.45) is 0 Å². The smallest absolute Gasteiger partial charge is 0.258 e. The molecule has 0 aliphatic carbocycles. The Balaban J connectivity index is 2.06. The topological polar surface area (TPSA) is 75.7 Å². The third-order valence-electron chi connectivity index (χ3n) is 4.93. The van der Waals surface area contributed by atoms with Gasteiger partial charge in [-0.25, -0.2) is 13.1 Å². The molecule has 1 aliphatic rings. The van der Waals surface area contributed by atoms with Crippen molar-refractivity contribution in [3.05, 3.63) is 52.0 Å². The lowest BCUT2D eigenvalue weighted by atomic mass is 9.95. The van der Waals surface area contributed by atoms with Crippen LogP contribution >= 0.6 is 11.6 Å². The molecule has 6 nitrogen and oxygen atoms in total. The van der Waals surface area contributed by atoms with Crippen LogP contribution in [0.1, 0.15) is 48.7 Å². The number of hydrogen-bond donors (Lipinski definition) is 1. The molecule has 162 valence electrons. The molecule has 1 aliphatic heterocycles. The van der Waals surface area contributed by atoms with Crippen molar-refractivity contribution in [1.82, 2.24) is 4.72 Å². The first-order valence-electron chi connectivity index (χ1n) is 9.76. The molecule has 2 aromatic rings. The Bertz CT molecular complexity index is 1090. The average Bonchev–Trinajstić information content (AvgIpc) is 2.66. The molecule has 0 fully saturated rings. The van der Waals surface area contributed by atoms with Crippen molar-refractivity contribution in [1.29, 1.82) is 0 Å². The fourth-order valence-electron chi connectivity index (χ4n) is 3.68. The fourth-order valence-corrected chi connectivity index (χ4v) is 5.62. The minimum Gasteiger partial charge on any atom is -0.495 e. The van der Waals surface area contributed by atoms with Crippen molar-refractivity contribution >= 4 is 33.2 Å². The van der Waals surface area contributed by atoms with Crippen LogP contribution in [0, 0.1) is 6.92 Å². The SMILES string of the molecule is COc1ccc(C)c2c1N(C(=O)c1ccc(Cl)c(S(=O)(=O)NC(C)(C)C)c1)CCC2. The summed E-state index contributed by atoms with van der Waals surface area (Å²) in [6, 6.07) is 8.18. The monoisotopic (exact) mass is 450 g/mol. The van der Waals surface area contributed by atoms with Gasteiger partial charge >= 0.3 is 0 Å². The lowest BCUT2D eigenvalue weighted by molar-refractivity contribution is 0.0984. The zero-order chi connectivity index (χ0) is 22.3. The van der Waals surface area contributed by atoms with E-state index in [0.29, 0.717) is 12.3 Å². The molecule has 8 heteroatoms. The third-order valence-corrected chi connectivity index (χ3v) is 7.17. The maximum absolute atomic E-state index is 13.4. The molecule has 0 bridgehead atoms. The number of fused-ring (bicyclic) bond motifs is 1. The number of rotatable bonds is 4. The quantitative estimate of drug-likeness (QED) is 0.752. The Labute approximate surface area is 183 Å². The Morgan fingerprint density at radius 3 is 2.53 bits per heavy atom. The Hall–Kier alpha value is -2.09. The number of nitrogens with one attached hydrogen (secondary N) is 1. The van der Waals surface area contributed by atoms with Crippen LogP contribution in [-0.2, 0) is 16.4 Å². The summed E-state index contributed by atoms with van der Waals surface area (Å²) in [6.07, 6.45) is 1.68. The lowest BCUT2D eigenvalue weighted by Crippen LogP contribution is -2.40. The number of aryl methyl sites for hydroxylation is 1. The van der Waals surface area contributed by atoms with E-state index >= 15 is 0 Å². The normalized spacial score (nSPS) is 14.4. The third kappa shape index (κ3) is 4.48. The number of methoxy groups -OCH3 is 1. The van der Waals surface area contributed by atoms with Gasteiger partial charge in [0.25, 0.3) is 5.91 Å². The van der Waals surface area contributed by atoms with Crippen LogP contribution in [0.5, 0.6) is 5.75 Å². The molecule has 0 atom stereocenters. The number of benzene rings is 2. The summed E-state index contributed by atoms with van der Waals surface area (Å²) >= 11 is 6.19. The molecule has 30 heavy (non-hydrogen) atoms. The van der Waals surface area contributed by atoms with E-state index in [-0.39, 0.29) is 21.4 Å². The minimum atomic E-state index is -3.89. The highest BCUT2D eigenvalue weighted by atomic mass is 35.5. The van der Waals surface area contributed by atoms with Gasteiger partial charge < -0.3 is 9.64 Å². The number of carbonyl (C=O) groups is 1. The summed E-state index contributed by atoms with van der Waals surface area (Å²) < 4.78 is 33.7. The number of hydrogen-bond acceptors (Lipinski definition) is 4. The Morgan fingerprint density at radius 1 is 1.20 bits per heavy atom. The maximum atomic E-state index is 13.4. The number of halogens is 1. The molecule has 0 unspecified atom stereocenters. The van der Waals surface area contributed by atoms with Gasteiger partial charge in [-0.3, -0.25) is 4.79 Å². The molecule has 0 aromatic heterocycles. The van der Waals surface area contributed by atoms with Gasteiger partial charge in [-0.15, -0.1) is 0 Å². The lowest BCUT2D eigenvalue weighted by Gasteiger charge is -2.32. The highest BCUT2D eigenvalue weighted by Crippen LogP contribution is 2.39.